The molecule has 0 saturated carbocycles. The van der Waals surface area contributed by atoms with Crippen LogP contribution < -0.4 is 4.90 Å². The summed E-state index contributed by atoms with van der Waals surface area (Å²) in [4.78, 5) is 15.2. The lowest BCUT2D eigenvalue weighted by molar-refractivity contribution is -0.231. The van der Waals surface area contributed by atoms with Gasteiger partial charge in [0.2, 0.25) is 5.91 Å². The molecule has 46 heavy (non-hydrogen) atoms. The van der Waals surface area contributed by atoms with E-state index in [0.29, 0.717) is 34.6 Å². The second-order valence-electron chi connectivity index (χ2n) is 11.9. The standard InChI is InChI=1S/C36H36ClNO8/c37-24-13-10-21(11-14-24)28(40)17-16-27-31(38(36(27)45)25-4-2-1-3-5-25)23-12-15-26(29(41)18-23)20-6-8-22(9-7-20)35-34(44)33(43)32(42)30(19-39)46-35/h1-15,18,27-28,30-35,39-44H,16-17,19H2/t27-,28+,30-,31-,32-,33+,34-,35+/m1/s1. The zero-order chi connectivity index (χ0) is 32.5. The molecule has 1 amide bonds. The Morgan fingerprint density at radius 3 is 2.15 bits per heavy atom. The molecule has 8 atom stereocenters. The first-order valence-corrected chi connectivity index (χ1v) is 15.6. The lowest BCUT2D eigenvalue weighted by Crippen LogP contribution is -2.55. The van der Waals surface area contributed by atoms with Gasteiger partial charge in [-0.1, -0.05) is 78.3 Å². The SMILES string of the molecule is O=C1[C@H](CC[C@H](O)c2ccc(Cl)cc2)[C@@H](c2ccc(-c3ccc([C@@H]4O[C@H](CO)[C@@H](O)[C@H](O)[C@H]4O)cc3)c(O)c2)N1c1ccccc1. The van der Waals surface area contributed by atoms with Crippen molar-refractivity contribution < 1.29 is 40.2 Å². The van der Waals surface area contributed by atoms with Crippen LogP contribution in [0.2, 0.25) is 5.02 Å². The number of β-lactam (4-membered cyclic amide) rings is 1. The van der Waals surface area contributed by atoms with Crippen LogP contribution >= 0.6 is 11.6 Å². The second kappa shape index (κ2) is 13.5. The van der Waals surface area contributed by atoms with Gasteiger partial charge in [-0.25, -0.2) is 0 Å². The van der Waals surface area contributed by atoms with Crippen LogP contribution in [0, 0.1) is 5.92 Å². The van der Waals surface area contributed by atoms with Gasteiger partial charge in [-0.05, 0) is 65.4 Å². The Kier molecular flexibility index (Phi) is 9.44. The average molecular weight is 646 g/mol. The van der Waals surface area contributed by atoms with Crippen molar-refractivity contribution in [3.05, 3.63) is 119 Å². The van der Waals surface area contributed by atoms with Crippen LogP contribution in [0.1, 0.15) is 47.8 Å². The van der Waals surface area contributed by atoms with Crippen molar-refractivity contribution in [2.24, 2.45) is 5.92 Å². The van der Waals surface area contributed by atoms with E-state index in [2.05, 4.69) is 0 Å². The lowest BCUT2D eigenvalue weighted by atomic mass is 9.78. The molecule has 10 heteroatoms. The predicted octanol–water partition coefficient (Wildman–Crippen LogP) is 4.45. The Bertz CT molecular complexity index is 1650. The topological polar surface area (TPSA) is 151 Å². The monoisotopic (exact) mass is 645 g/mol. The molecule has 6 N–H and O–H groups in total. The van der Waals surface area contributed by atoms with Crippen molar-refractivity contribution in [1.82, 2.24) is 0 Å². The van der Waals surface area contributed by atoms with Gasteiger partial charge in [0.25, 0.3) is 0 Å². The summed E-state index contributed by atoms with van der Waals surface area (Å²) in [5.41, 5.74) is 4.01. The molecule has 4 aromatic carbocycles. The number of phenols is 1. The minimum Gasteiger partial charge on any atom is -0.507 e. The molecular formula is C36H36ClNO8. The van der Waals surface area contributed by atoms with E-state index in [9.17, 15) is 35.4 Å². The van der Waals surface area contributed by atoms with Crippen LogP contribution in [0.5, 0.6) is 5.75 Å². The maximum Gasteiger partial charge on any atom is 0.233 e. The van der Waals surface area contributed by atoms with Gasteiger partial charge in [-0.3, -0.25) is 4.79 Å². The number of aliphatic hydroxyl groups excluding tert-OH is 5. The van der Waals surface area contributed by atoms with E-state index in [0.717, 1.165) is 16.8 Å². The number of para-hydroxylation sites is 1. The Hall–Kier alpha value is -3.80. The van der Waals surface area contributed by atoms with Gasteiger partial charge in [0.15, 0.2) is 0 Å². The number of hydrogen-bond acceptors (Lipinski definition) is 8. The number of amides is 1. The van der Waals surface area contributed by atoms with Gasteiger partial charge in [0.1, 0.15) is 36.3 Å². The van der Waals surface area contributed by atoms with Crippen LogP contribution in [0.15, 0.2) is 97.1 Å². The van der Waals surface area contributed by atoms with Gasteiger partial charge < -0.3 is 40.3 Å². The van der Waals surface area contributed by atoms with Gasteiger partial charge in [0.05, 0.1) is 24.7 Å². The highest BCUT2D eigenvalue weighted by molar-refractivity contribution is 6.30. The molecule has 2 aliphatic heterocycles. The Balaban J connectivity index is 1.23. The number of carbonyl (C=O) groups is 1. The highest BCUT2D eigenvalue weighted by atomic mass is 35.5. The van der Waals surface area contributed by atoms with Gasteiger partial charge in [0, 0.05) is 16.3 Å². The van der Waals surface area contributed by atoms with E-state index in [1.807, 2.05) is 36.4 Å². The number of ether oxygens (including phenoxy) is 1. The Morgan fingerprint density at radius 2 is 1.50 bits per heavy atom. The fourth-order valence-electron chi connectivity index (χ4n) is 6.48. The molecule has 6 rings (SSSR count). The first-order valence-electron chi connectivity index (χ1n) is 15.2. The lowest BCUT2D eigenvalue weighted by Gasteiger charge is -2.48. The number of rotatable bonds is 9. The van der Waals surface area contributed by atoms with Crippen molar-refractivity contribution in [3.63, 3.8) is 0 Å². The van der Waals surface area contributed by atoms with E-state index >= 15 is 0 Å². The van der Waals surface area contributed by atoms with Gasteiger partial charge >= 0.3 is 0 Å². The van der Waals surface area contributed by atoms with Crippen LogP contribution in [0.3, 0.4) is 0 Å². The number of phenolic OH excluding ortho intramolecular Hbond substituents is 1. The molecule has 4 aromatic rings. The molecule has 2 aliphatic rings. The Labute approximate surface area is 271 Å². The summed E-state index contributed by atoms with van der Waals surface area (Å²) in [6.07, 6.45) is -6.23. The quantitative estimate of drug-likeness (QED) is 0.146. The van der Waals surface area contributed by atoms with Crippen molar-refractivity contribution in [1.29, 1.82) is 0 Å². The number of nitrogens with zero attached hydrogens (tertiary/aromatic N) is 1. The zero-order valence-corrected chi connectivity index (χ0v) is 25.6. The number of aliphatic hydroxyl groups is 5. The molecule has 2 fully saturated rings. The maximum atomic E-state index is 13.5. The minimum absolute atomic E-state index is 0.0189. The third kappa shape index (κ3) is 6.15. The van der Waals surface area contributed by atoms with E-state index in [1.54, 1.807) is 65.6 Å². The predicted molar refractivity (Wildman–Crippen MR) is 172 cm³/mol. The summed E-state index contributed by atoms with van der Waals surface area (Å²) in [5, 5.41) is 62.9. The first kappa shape index (κ1) is 32.2. The number of aromatic hydroxyl groups is 1. The summed E-state index contributed by atoms with van der Waals surface area (Å²) in [5.74, 6) is -0.428. The number of hydrogen-bond donors (Lipinski definition) is 6. The normalized spacial score (nSPS) is 26.9. The van der Waals surface area contributed by atoms with Gasteiger partial charge in [-0.2, -0.15) is 0 Å². The van der Waals surface area contributed by atoms with Gasteiger partial charge in [-0.15, -0.1) is 0 Å². The van der Waals surface area contributed by atoms with Crippen molar-refractivity contribution >= 4 is 23.2 Å². The van der Waals surface area contributed by atoms with E-state index in [4.69, 9.17) is 16.3 Å². The molecule has 0 bridgehead atoms. The van der Waals surface area contributed by atoms with E-state index in [1.165, 1.54) is 0 Å². The summed E-state index contributed by atoms with van der Waals surface area (Å²) < 4.78 is 5.66. The molecule has 0 spiro atoms. The first-order chi connectivity index (χ1) is 22.2. The number of anilines is 1. The molecule has 2 saturated heterocycles. The second-order valence-corrected chi connectivity index (χ2v) is 12.3. The number of carbonyl (C=O) groups excluding carboxylic acids is 1. The molecular weight excluding hydrogens is 610 g/mol. The van der Waals surface area contributed by atoms with Crippen LogP contribution in [0.25, 0.3) is 11.1 Å². The fourth-order valence-corrected chi connectivity index (χ4v) is 6.61. The molecule has 2 heterocycles. The van der Waals surface area contributed by atoms with E-state index in [-0.39, 0.29) is 17.7 Å². The third-order valence-corrected chi connectivity index (χ3v) is 9.31. The summed E-state index contributed by atoms with van der Waals surface area (Å²) in [7, 11) is 0. The fraction of sp³-hybridized carbons (Fsp3) is 0.306. The largest absolute Gasteiger partial charge is 0.507 e. The average Bonchev–Trinajstić information content (AvgIpc) is 3.07. The Morgan fingerprint density at radius 1 is 0.826 bits per heavy atom. The van der Waals surface area contributed by atoms with Crippen molar-refractivity contribution in [2.45, 2.75) is 55.5 Å². The smallest absolute Gasteiger partial charge is 0.233 e. The summed E-state index contributed by atoms with van der Waals surface area (Å²) in [6.45, 7) is -0.516. The van der Waals surface area contributed by atoms with Crippen molar-refractivity contribution in [3.8, 4) is 16.9 Å². The molecule has 0 unspecified atom stereocenters. The van der Waals surface area contributed by atoms with Crippen LogP contribution in [0.4, 0.5) is 5.69 Å². The van der Waals surface area contributed by atoms with Crippen molar-refractivity contribution in [2.75, 3.05) is 11.5 Å². The van der Waals surface area contributed by atoms with Crippen LogP contribution in [-0.4, -0.2) is 67.6 Å². The summed E-state index contributed by atoms with van der Waals surface area (Å²) in [6, 6.07) is 28.2. The molecule has 0 radical (unpaired) electrons. The third-order valence-electron chi connectivity index (χ3n) is 9.06. The number of halogens is 1. The molecule has 0 aliphatic carbocycles. The summed E-state index contributed by atoms with van der Waals surface area (Å²) >= 11 is 5.99. The highest BCUT2D eigenvalue weighted by Gasteiger charge is 2.48. The zero-order valence-electron chi connectivity index (χ0n) is 24.8. The van der Waals surface area contributed by atoms with Crippen LogP contribution in [-0.2, 0) is 9.53 Å². The highest BCUT2D eigenvalue weighted by Crippen LogP contribution is 2.48. The maximum absolute atomic E-state index is 13.5. The molecule has 240 valence electrons. The number of benzene rings is 4. The molecule has 0 aromatic heterocycles. The molecule has 9 nitrogen and oxygen atoms in total. The van der Waals surface area contributed by atoms with E-state index < -0.39 is 49.1 Å². The minimum atomic E-state index is -1.48.